The minimum atomic E-state index is 0.550. The highest BCUT2D eigenvalue weighted by atomic mass is 15.3. The fourth-order valence-electron chi connectivity index (χ4n) is 2.78. The second-order valence-corrected chi connectivity index (χ2v) is 6.00. The van der Waals surface area contributed by atoms with Gasteiger partial charge in [0, 0.05) is 31.9 Å². The van der Waals surface area contributed by atoms with E-state index in [2.05, 4.69) is 69.3 Å². The van der Waals surface area contributed by atoms with Crippen molar-refractivity contribution in [2.75, 3.05) is 42.9 Å². The molecule has 1 N–H and O–H groups in total. The summed E-state index contributed by atoms with van der Waals surface area (Å²) >= 11 is 0. The third-order valence-corrected chi connectivity index (χ3v) is 4.33. The summed E-state index contributed by atoms with van der Waals surface area (Å²) in [6, 6.07) is 6.30. The van der Waals surface area contributed by atoms with Crippen molar-refractivity contribution in [3.63, 3.8) is 0 Å². The Bertz CT molecular complexity index is 664. The summed E-state index contributed by atoms with van der Waals surface area (Å²) in [7, 11) is 0. The Hall–Kier alpha value is -2.21. The molecule has 0 aliphatic carbocycles. The first-order valence-corrected chi connectivity index (χ1v) is 8.17. The number of anilines is 3. The largest absolute Gasteiger partial charge is 0.353 e. The summed E-state index contributed by atoms with van der Waals surface area (Å²) in [6.45, 7) is 11.6. The van der Waals surface area contributed by atoms with Crippen LogP contribution in [-0.4, -0.2) is 52.8 Å². The van der Waals surface area contributed by atoms with Crippen molar-refractivity contribution in [2.24, 2.45) is 0 Å². The van der Waals surface area contributed by atoms with E-state index in [0.717, 1.165) is 44.2 Å². The molecule has 1 fully saturated rings. The first-order chi connectivity index (χ1) is 11.2. The van der Waals surface area contributed by atoms with Gasteiger partial charge in [0.25, 0.3) is 0 Å². The van der Waals surface area contributed by atoms with Gasteiger partial charge in [0.15, 0.2) is 5.82 Å². The molecule has 1 aromatic carbocycles. The molecule has 1 aromatic heterocycles. The van der Waals surface area contributed by atoms with E-state index in [0.29, 0.717) is 5.95 Å². The number of likely N-dealkylation sites (N-methyl/N-ethyl adjacent to an activating group) is 1. The molecule has 0 atom stereocenters. The number of hydrogen-bond acceptors (Lipinski definition) is 6. The Kier molecular flexibility index (Phi) is 4.71. The lowest BCUT2D eigenvalue weighted by Crippen LogP contribution is -2.46. The van der Waals surface area contributed by atoms with Crippen molar-refractivity contribution < 1.29 is 0 Å². The molecule has 0 amide bonds. The zero-order chi connectivity index (χ0) is 16.2. The topological polar surface area (TPSA) is 57.2 Å². The van der Waals surface area contributed by atoms with E-state index < -0.39 is 0 Å². The van der Waals surface area contributed by atoms with Gasteiger partial charge in [-0.15, -0.1) is 5.10 Å². The summed E-state index contributed by atoms with van der Waals surface area (Å²) in [4.78, 5) is 9.35. The molecule has 0 spiro atoms. The van der Waals surface area contributed by atoms with Crippen LogP contribution in [0.25, 0.3) is 0 Å². The Balaban J connectivity index is 1.74. The van der Waals surface area contributed by atoms with E-state index in [1.54, 1.807) is 6.20 Å². The number of hydrogen-bond donors (Lipinski definition) is 1. The summed E-state index contributed by atoms with van der Waals surface area (Å²) in [5.41, 5.74) is 3.40. The average Bonchev–Trinajstić information content (AvgIpc) is 2.58. The lowest BCUT2D eigenvalue weighted by Gasteiger charge is -2.34. The lowest BCUT2D eigenvalue weighted by atomic mass is 10.1. The van der Waals surface area contributed by atoms with Gasteiger partial charge in [-0.2, -0.15) is 10.1 Å². The molecule has 0 saturated carbocycles. The van der Waals surface area contributed by atoms with Crippen LogP contribution in [0.5, 0.6) is 0 Å². The van der Waals surface area contributed by atoms with Crippen molar-refractivity contribution >= 4 is 17.5 Å². The molecule has 3 rings (SSSR count). The fourth-order valence-corrected chi connectivity index (χ4v) is 2.78. The predicted molar refractivity (Wildman–Crippen MR) is 93.4 cm³/mol. The van der Waals surface area contributed by atoms with Crippen LogP contribution in [0.3, 0.4) is 0 Å². The molecule has 0 radical (unpaired) electrons. The third kappa shape index (κ3) is 3.76. The van der Waals surface area contributed by atoms with Crippen LogP contribution < -0.4 is 10.2 Å². The van der Waals surface area contributed by atoms with E-state index in [4.69, 9.17) is 0 Å². The Morgan fingerprint density at radius 1 is 1.13 bits per heavy atom. The lowest BCUT2D eigenvalue weighted by molar-refractivity contribution is 0.270. The quantitative estimate of drug-likeness (QED) is 0.935. The molecule has 0 bridgehead atoms. The molecule has 23 heavy (non-hydrogen) atoms. The first-order valence-electron chi connectivity index (χ1n) is 8.17. The van der Waals surface area contributed by atoms with Crippen LogP contribution in [0.4, 0.5) is 17.5 Å². The molecule has 122 valence electrons. The van der Waals surface area contributed by atoms with Gasteiger partial charge in [0.2, 0.25) is 5.95 Å². The SMILES string of the molecule is CCN1CCN(c2cnnc(Nc3cc(C)ccc3C)n2)CC1. The number of benzene rings is 1. The number of rotatable bonds is 4. The Morgan fingerprint density at radius 3 is 2.65 bits per heavy atom. The van der Waals surface area contributed by atoms with E-state index in [-0.39, 0.29) is 0 Å². The molecular formula is C17H24N6. The second-order valence-electron chi connectivity index (χ2n) is 6.00. The number of piperazine rings is 1. The van der Waals surface area contributed by atoms with Gasteiger partial charge >= 0.3 is 0 Å². The van der Waals surface area contributed by atoms with Gasteiger partial charge in [0.1, 0.15) is 0 Å². The highest BCUT2D eigenvalue weighted by Crippen LogP contribution is 2.21. The smallest absolute Gasteiger partial charge is 0.249 e. The van der Waals surface area contributed by atoms with Crippen LogP contribution in [0.2, 0.25) is 0 Å². The number of aryl methyl sites for hydroxylation is 2. The van der Waals surface area contributed by atoms with Crippen molar-refractivity contribution in [3.05, 3.63) is 35.5 Å². The Labute approximate surface area is 137 Å². The second kappa shape index (κ2) is 6.91. The molecular weight excluding hydrogens is 288 g/mol. The monoisotopic (exact) mass is 312 g/mol. The molecule has 1 aliphatic rings. The van der Waals surface area contributed by atoms with Crippen molar-refractivity contribution in [1.82, 2.24) is 20.1 Å². The van der Waals surface area contributed by atoms with E-state index >= 15 is 0 Å². The Morgan fingerprint density at radius 2 is 1.91 bits per heavy atom. The minimum absolute atomic E-state index is 0.550. The first kappa shape index (κ1) is 15.7. The molecule has 1 saturated heterocycles. The molecule has 6 nitrogen and oxygen atoms in total. The van der Waals surface area contributed by atoms with Gasteiger partial charge < -0.3 is 15.1 Å². The highest BCUT2D eigenvalue weighted by molar-refractivity contribution is 5.59. The van der Waals surface area contributed by atoms with Gasteiger partial charge in [-0.25, -0.2) is 0 Å². The maximum atomic E-state index is 4.64. The minimum Gasteiger partial charge on any atom is -0.353 e. The van der Waals surface area contributed by atoms with Gasteiger partial charge in [-0.05, 0) is 37.6 Å². The van der Waals surface area contributed by atoms with E-state index in [1.165, 1.54) is 11.1 Å². The maximum absolute atomic E-state index is 4.64. The van der Waals surface area contributed by atoms with Crippen molar-refractivity contribution in [2.45, 2.75) is 20.8 Å². The average molecular weight is 312 g/mol. The molecule has 2 aromatic rings. The summed E-state index contributed by atoms with van der Waals surface area (Å²) in [5.74, 6) is 1.44. The standard InChI is InChI=1S/C17H24N6/c1-4-22-7-9-23(10-8-22)16-12-18-21-17(20-16)19-15-11-13(2)5-6-14(15)3/h5-6,11-12H,4,7-10H2,1-3H3,(H,19,20,21). The van der Waals surface area contributed by atoms with Gasteiger partial charge in [-0.3, -0.25) is 0 Å². The number of nitrogens with one attached hydrogen (secondary N) is 1. The van der Waals surface area contributed by atoms with Crippen LogP contribution in [0.15, 0.2) is 24.4 Å². The van der Waals surface area contributed by atoms with Gasteiger partial charge in [-0.1, -0.05) is 19.1 Å². The summed E-state index contributed by atoms with van der Waals surface area (Å²) in [6.07, 6.45) is 1.75. The normalized spacial score (nSPS) is 15.7. The van der Waals surface area contributed by atoms with Crippen LogP contribution >= 0.6 is 0 Å². The highest BCUT2D eigenvalue weighted by Gasteiger charge is 2.17. The van der Waals surface area contributed by atoms with Crippen LogP contribution in [-0.2, 0) is 0 Å². The summed E-state index contributed by atoms with van der Waals surface area (Å²) < 4.78 is 0. The summed E-state index contributed by atoms with van der Waals surface area (Å²) in [5, 5.41) is 11.5. The number of aromatic nitrogens is 3. The zero-order valence-corrected chi connectivity index (χ0v) is 14.1. The van der Waals surface area contributed by atoms with Crippen molar-refractivity contribution in [1.29, 1.82) is 0 Å². The van der Waals surface area contributed by atoms with Crippen LogP contribution in [0.1, 0.15) is 18.1 Å². The molecule has 1 aliphatic heterocycles. The number of nitrogens with zero attached hydrogens (tertiary/aromatic N) is 5. The van der Waals surface area contributed by atoms with Crippen LogP contribution in [0, 0.1) is 13.8 Å². The molecule has 2 heterocycles. The predicted octanol–water partition coefficient (Wildman–Crippen LogP) is 2.37. The van der Waals surface area contributed by atoms with Gasteiger partial charge in [0.05, 0.1) is 6.20 Å². The van der Waals surface area contributed by atoms with E-state index in [9.17, 15) is 0 Å². The fraction of sp³-hybridized carbons (Fsp3) is 0.471. The molecule has 0 unspecified atom stereocenters. The van der Waals surface area contributed by atoms with E-state index in [1.807, 2.05) is 0 Å². The molecule has 6 heteroatoms. The maximum Gasteiger partial charge on any atom is 0.249 e. The third-order valence-electron chi connectivity index (χ3n) is 4.33. The van der Waals surface area contributed by atoms with Crippen molar-refractivity contribution in [3.8, 4) is 0 Å². The zero-order valence-electron chi connectivity index (χ0n) is 14.1.